The number of phenols is 1. The molecule has 1 saturated carbocycles. The predicted octanol–water partition coefficient (Wildman–Crippen LogP) is 5.21. The number of phenolic OH excluding ortho intramolecular Hbond substituents is 1. The summed E-state index contributed by atoms with van der Waals surface area (Å²) >= 11 is 3.41. The molecule has 2 aromatic rings. The Hall–Kier alpha value is -2.12. The summed E-state index contributed by atoms with van der Waals surface area (Å²) in [6.07, 6.45) is 6.67. The summed E-state index contributed by atoms with van der Waals surface area (Å²) in [5, 5.41) is 13.2. The minimum atomic E-state index is -0.259. The fourth-order valence-electron chi connectivity index (χ4n) is 4.50. The van der Waals surface area contributed by atoms with Gasteiger partial charge in [0.2, 0.25) is 0 Å². The Morgan fingerprint density at radius 3 is 2.58 bits per heavy atom. The highest BCUT2D eigenvalue weighted by molar-refractivity contribution is 9.10. The number of benzene rings is 2. The summed E-state index contributed by atoms with van der Waals surface area (Å²) < 4.78 is 15.1. The minimum Gasteiger partial charge on any atom is -0.508 e. The standard InChI is InChI=1S/C24H30BrFN4O/c25-19-9-10-23(26)18(15-19)17-27-24(28-20-5-4-8-22(31)16-20)30-13-11-29(12-14-30)21-6-2-1-3-7-21/h4-5,8-10,15-16,21,31H,1-3,6-7,11-14,17H2,(H,27,28). The molecule has 0 atom stereocenters. The number of hydrogen-bond donors (Lipinski definition) is 2. The van der Waals surface area contributed by atoms with Crippen LogP contribution in [0.5, 0.6) is 5.75 Å². The highest BCUT2D eigenvalue weighted by Gasteiger charge is 2.26. The zero-order valence-corrected chi connectivity index (χ0v) is 19.3. The van der Waals surface area contributed by atoms with Gasteiger partial charge in [-0.15, -0.1) is 0 Å². The lowest BCUT2D eigenvalue weighted by Gasteiger charge is -2.41. The van der Waals surface area contributed by atoms with E-state index in [-0.39, 0.29) is 18.1 Å². The van der Waals surface area contributed by atoms with E-state index in [1.807, 2.05) is 6.07 Å². The number of hydrogen-bond acceptors (Lipinski definition) is 3. The molecule has 1 saturated heterocycles. The first-order valence-electron chi connectivity index (χ1n) is 11.1. The molecule has 1 aliphatic carbocycles. The molecule has 2 aromatic carbocycles. The van der Waals surface area contributed by atoms with Crippen LogP contribution in [-0.2, 0) is 6.54 Å². The lowest BCUT2D eigenvalue weighted by atomic mass is 9.94. The molecular weight excluding hydrogens is 459 g/mol. The normalized spacial score (nSPS) is 18.9. The highest BCUT2D eigenvalue weighted by atomic mass is 79.9. The third kappa shape index (κ3) is 5.98. The summed E-state index contributed by atoms with van der Waals surface area (Å²) in [4.78, 5) is 9.61. The molecule has 0 aromatic heterocycles. The van der Waals surface area contributed by atoms with Crippen LogP contribution in [0, 0.1) is 5.82 Å². The summed E-state index contributed by atoms with van der Waals surface area (Å²) in [5.74, 6) is 0.656. The van der Waals surface area contributed by atoms with Crippen LogP contribution in [0.3, 0.4) is 0 Å². The third-order valence-electron chi connectivity index (χ3n) is 6.21. The van der Waals surface area contributed by atoms with Crippen LogP contribution in [0.25, 0.3) is 0 Å². The van der Waals surface area contributed by atoms with Crippen molar-refractivity contribution in [3.8, 4) is 5.75 Å². The molecule has 2 fully saturated rings. The van der Waals surface area contributed by atoms with Gasteiger partial charge in [-0.3, -0.25) is 4.90 Å². The first-order valence-corrected chi connectivity index (χ1v) is 11.9. The fraction of sp³-hybridized carbons (Fsp3) is 0.458. The van der Waals surface area contributed by atoms with Crippen molar-refractivity contribution < 1.29 is 9.50 Å². The summed E-state index contributed by atoms with van der Waals surface area (Å²) in [6.45, 7) is 4.02. The highest BCUT2D eigenvalue weighted by Crippen LogP contribution is 2.24. The second kappa shape index (κ2) is 10.5. The van der Waals surface area contributed by atoms with Crippen LogP contribution in [0.15, 0.2) is 51.9 Å². The van der Waals surface area contributed by atoms with E-state index in [4.69, 9.17) is 4.99 Å². The SMILES string of the molecule is Oc1cccc(NC(=NCc2cc(Br)ccc2F)N2CCN(C3CCCCC3)CC2)c1. The molecule has 1 aliphatic heterocycles. The Bertz CT molecular complexity index is 908. The lowest BCUT2D eigenvalue weighted by Crippen LogP contribution is -2.53. The van der Waals surface area contributed by atoms with Gasteiger partial charge in [0, 0.05) is 54.0 Å². The van der Waals surface area contributed by atoms with Gasteiger partial charge >= 0.3 is 0 Å². The van der Waals surface area contributed by atoms with Crippen molar-refractivity contribution in [1.29, 1.82) is 0 Å². The predicted molar refractivity (Wildman–Crippen MR) is 127 cm³/mol. The van der Waals surface area contributed by atoms with Crippen LogP contribution in [0.2, 0.25) is 0 Å². The van der Waals surface area contributed by atoms with E-state index < -0.39 is 0 Å². The third-order valence-corrected chi connectivity index (χ3v) is 6.71. The van der Waals surface area contributed by atoms with Crippen molar-refractivity contribution in [1.82, 2.24) is 9.80 Å². The molecule has 31 heavy (non-hydrogen) atoms. The van der Waals surface area contributed by atoms with Crippen LogP contribution < -0.4 is 5.32 Å². The number of aromatic hydroxyl groups is 1. The topological polar surface area (TPSA) is 51.1 Å². The number of halogens is 2. The maximum Gasteiger partial charge on any atom is 0.198 e. The van der Waals surface area contributed by atoms with E-state index in [0.717, 1.165) is 36.3 Å². The van der Waals surface area contributed by atoms with Gasteiger partial charge in [0.15, 0.2) is 5.96 Å². The van der Waals surface area contributed by atoms with Gasteiger partial charge in [-0.1, -0.05) is 41.3 Å². The van der Waals surface area contributed by atoms with Crippen molar-refractivity contribution in [3.63, 3.8) is 0 Å². The van der Waals surface area contributed by atoms with Gasteiger partial charge in [0.1, 0.15) is 11.6 Å². The number of piperazine rings is 1. The van der Waals surface area contributed by atoms with Gasteiger partial charge in [0.05, 0.1) is 6.54 Å². The van der Waals surface area contributed by atoms with Crippen LogP contribution >= 0.6 is 15.9 Å². The van der Waals surface area contributed by atoms with Gasteiger partial charge in [-0.2, -0.15) is 0 Å². The Morgan fingerprint density at radius 1 is 1.06 bits per heavy atom. The fourth-order valence-corrected chi connectivity index (χ4v) is 4.91. The largest absolute Gasteiger partial charge is 0.508 e. The van der Waals surface area contributed by atoms with Crippen molar-refractivity contribution in [2.45, 2.75) is 44.7 Å². The molecule has 4 rings (SSSR count). The molecule has 0 radical (unpaired) electrons. The molecule has 2 N–H and O–H groups in total. The zero-order chi connectivity index (χ0) is 21.6. The summed E-state index contributed by atoms with van der Waals surface area (Å²) in [5.41, 5.74) is 1.31. The molecule has 2 aliphatic rings. The number of rotatable bonds is 4. The first kappa shape index (κ1) is 22.1. The van der Waals surface area contributed by atoms with E-state index in [9.17, 15) is 9.50 Å². The van der Waals surface area contributed by atoms with Crippen molar-refractivity contribution >= 4 is 27.6 Å². The maximum atomic E-state index is 14.2. The smallest absolute Gasteiger partial charge is 0.198 e. The van der Waals surface area contributed by atoms with Crippen LogP contribution in [0.1, 0.15) is 37.7 Å². The molecule has 1 heterocycles. The average Bonchev–Trinajstić information content (AvgIpc) is 2.79. The second-order valence-corrected chi connectivity index (χ2v) is 9.28. The molecule has 7 heteroatoms. The molecule has 0 spiro atoms. The maximum absolute atomic E-state index is 14.2. The van der Waals surface area contributed by atoms with Crippen LogP contribution in [-0.4, -0.2) is 53.1 Å². The lowest BCUT2D eigenvalue weighted by molar-refractivity contribution is 0.107. The van der Waals surface area contributed by atoms with Crippen LogP contribution in [0.4, 0.5) is 10.1 Å². The Kier molecular flexibility index (Phi) is 7.45. The molecule has 0 bridgehead atoms. The number of nitrogens with one attached hydrogen (secondary N) is 1. The number of aliphatic imine (C=N–C) groups is 1. The van der Waals surface area contributed by atoms with Gasteiger partial charge in [-0.05, 0) is 43.2 Å². The first-order chi connectivity index (χ1) is 15.1. The van der Waals surface area contributed by atoms with E-state index in [1.54, 1.807) is 30.3 Å². The molecular formula is C24H30BrFN4O. The van der Waals surface area contributed by atoms with Gasteiger partial charge < -0.3 is 15.3 Å². The van der Waals surface area contributed by atoms with Gasteiger partial charge in [0.25, 0.3) is 0 Å². The monoisotopic (exact) mass is 488 g/mol. The van der Waals surface area contributed by atoms with Gasteiger partial charge in [-0.25, -0.2) is 9.38 Å². The van der Waals surface area contributed by atoms with E-state index in [2.05, 4.69) is 31.0 Å². The number of anilines is 1. The molecule has 166 valence electrons. The average molecular weight is 489 g/mol. The van der Waals surface area contributed by atoms with Crippen molar-refractivity contribution in [2.24, 2.45) is 4.99 Å². The molecule has 5 nitrogen and oxygen atoms in total. The van der Waals surface area contributed by atoms with Crippen molar-refractivity contribution in [3.05, 3.63) is 58.3 Å². The Morgan fingerprint density at radius 2 is 1.84 bits per heavy atom. The van der Waals surface area contributed by atoms with E-state index >= 15 is 0 Å². The molecule has 0 unspecified atom stereocenters. The van der Waals surface area contributed by atoms with Crippen molar-refractivity contribution in [2.75, 3.05) is 31.5 Å². The molecule has 0 amide bonds. The summed E-state index contributed by atoms with van der Waals surface area (Å²) in [7, 11) is 0. The van der Waals surface area contributed by atoms with E-state index in [0.29, 0.717) is 17.6 Å². The minimum absolute atomic E-state index is 0.199. The number of guanidine groups is 1. The quantitative estimate of drug-likeness (QED) is 0.457. The summed E-state index contributed by atoms with van der Waals surface area (Å²) in [6, 6.07) is 12.6. The van der Waals surface area contributed by atoms with E-state index in [1.165, 1.54) is 38.2 Å². The second-order valence-electron chi connectivity index (χ2n) is 8.37. The number of nitrogens with zero attached hydrogens (tertiary/aromatic N) is 3. The zero-order valence-electron chi connectivity index (χ0n) is 17.7. The Labute approximate surface area is 192 Å². The Balaban J connectivity index is 1.48.